The van der Waals surface area contributed by atoms with E-state index in [-0.39, 0.29) is 11.3 Å². The number of nitrogens with zero attached hydrogens (tertiary/aromatic N) is 3. The van der Waals surface area contributed by atoms with E-state index in [9.17, 15) is 4.79 Å². The summed E-state index contributed by atoms with van der Waals surface area (Å²) in [5.41, 5.74) is 1.52. The van der Waals surface area contributed by atoms with Crippen molar-refractivity contribution < 1.29 is 4.79 Å². The molecule has 0 aliphatic heterocycles. The van der Waals surface area contributed by atoms with Crippen molar-refractivity contribution in [1.29, 1.82) is 0 Å². The van der Waals surface area contributed by atoms with Crippen molar-refractivity contribution in [2.24, 2.45) is 5.41 Å². The minimum absolute atomic E-state index is 0.0175. The Kier molecular flexibility index (Phi) is 4.98. The van der Waals surface area contributed by atoms with Crippen LogP contribution in [0.4, 0.5) is 17.5 Å². The number of benzene rings is 1. The highest BCUT2D eigenvalue weighted by Crippen LogP contribution is 2.29. The zero-order valence-corrected chi connectivity index (χ0v) is 14.4. The van der Waals surface area contributed by atoms with Crippen LogP contribution in [0.1, 0.15) is 32.9 Å². The first-order chi connectivity index (χ1) is 10.8. The van der Waals surface area contributed by atoms with E-state index in [2.05, 4.69) is 36.1 Å². The van der Waals surface area contributed by atoms with E-state index in [1.54, 1.807) is 11.9 Å². The quantitative estimate of drug-likeness (QED) is 0.929. The zero-order valence-electron chi connectivity index (χ0n) is 14.4. The number of para-hydroxylation sites is 1. The van der Waals surface area contributed by atoms with Gasteiger partial charge in [-0.15, -0.1) is 0 Å². The average Bonchev–Trinajstić information content (AvgIpc) is 2.46. The molecule has 0 unspecified atom stereocenters. The number of aryl methyl sites for hydroxylation is 1. The van der Waals surface area contributed by atoms with E-state index in [0.717, 1.165) is 11.4 Å². The number of anilines is 3. The van der Waals surface area contributed by atoms with E-state index in [4.69, 9.17) is 0 Å². The van der Waals surface area contributed by atoms with Crippen molar-refractivity contribution in [2.45, 2.75) is 34.1 Å². The standard InChI is InChI=1S/C18H24N4O/c1-13-11-15(21-17(19-5)20-13)22(14-9-7-6-8-10-14)16(23)12-18(2,3)4/h6-11H,12H2,1-5H3,(H,19,20,21). The van der Waals surface area contributed by atoms with Gasteiger partial charge in [-0.05, 0) is 24.5 Å². The Morgan fingerprint density at radius 1 is 1.17 bits per heavy atom. The van der Waals surface area contributed by atoms with Crippen LogP contribution < -0.4 is 10.2 Å². The van der Waals surface area contributed by atoms with E-state index in [1.165, 1.54) is 0 Å². The molecule has 0 spiro atoms. The topological polar surface area (TPSA) is 58.1 Å². The van der Waals surface area contributed by atoms with Crippen molar-refractivity contribution in [1.82, 2.24) is 9.97 Å². The second-order valence-corrected chi connectivity index (χ2v) is 6.74. The molecule has 2 rings (SSSR count). The van der Waals surface area contributed by atoms with Crippen molar-refractivity contribution >= 4 is 23.4 Å². The molecular weight excluding hydrogens is 288 g/mol. The highest BCUT2D eigenvalue weighted by molar-refractivity contribution is 6.00. The molecule has 1 heterocycles. The summed E-state index contributed by atoms with van der Waals surface area (Å²) in [4.78, 5) is 23.3. The SMILES string of the molecule is CNc1nc(C)cc(N(C(=O)CC(C)(C)C)c2ccccc2)n1. The number of nitrogens with one attached hydrogen (secondary N) is 1. The fraction of sp³-hybridized carbons (Fsp3) is 0.389. The van der Waals surface area contributed by atoms with Crippen LogP contribution in [0.3, 0.4) is 0 Å². The molecule has 5 nitrogen and oxygen atoms in total. The third kappa shape index (κ3) is 4.52. The van der Waals surface area contributed by atoms with Gasteiger partial charge in [0.2, 0.25) is 11.9 Å². The predicted octanol–water partition coefficient (Wildman–Crippen LogP) is 3.93. The van der Waals surface area contributed by atoms with Crippen LogP contribution >= 0.6 is 0 Å². The van der Waals surface area contributed by atoms with Crippen LogP contribution in [0.25, 0.3) is 0 Å². The third-order valence-corrected chi connectivity index (χ3v) is 3.24. The Hall–Kier alpha value is -2.43. The fourth-order valence-electron chi connectivity index (χ4n) is 2.29. The molecular formula is C18H24N4O. The van der Waals surface area contributed by atoms with Gasteiger partial charge in [0.05, 0.1) is 5.69 Å². The number of aromatic nitrogens is 2. The van der Waals surface area contributed by atoms with Crippen LogP contribution in [-0.2, 0) is 4.79 Å². The highest BCUT2D eigenvalue weighted by Gasteiger charge is 2.25. The number of carbonyl (C=O) groups is 1. The van der Waals surface area contributed by atoms with Gasteiger partial charge < -0.3 is 5.32 Å². The maximum absolute atomic E-state index is 12.9. The molecule has 0 bridgehead atoms. The van der Waals surface area contributed by atoms with Gasteiger partial charge in [0.25, 0.3) is 0 Å². The average molecular weight is 312 g/mol. The molecule has 2 aromatic rings. The van der Waals surface area contributed by atoms with Gasteiger partial charge in [-0.3, -0.25) is 9.69 Å². The zero-order chi connectivity index (χ0) is 17.0. The lowest BCUT2D eigenvalue weighted by Crippen LogP contribution is -2.30. The predicted molar refractivity (Wildman–Crippen MR) is 94.0 cm³/mol. The van der Waals surface area contributed by atoms with Gasteiger partial charge in [0.15, 0.2) is 0 Å². The summed E-state index contributed by atoms with van der Waals surface area (Å²) >= 11 is 0. The summed E-state index contributed by atoms with van der Waals surface area (Å²) in [5, 5.41) is 2.94. The first kappa shape index (κ1) is 16.9. The van der Waals surface area contributed by atoms with E-state index in [1.807, 2.05) is 43.3 Å². The largest absolute Gasteiger partial charge is 0.357 e. The van der Waals surface area contributed by atoms with Gasteiger partial charge in [-0.1, -0.05) is 39.0 Å². The van der Waals surface area contributed by atoms with Crippen molar-refractivity contribution in [2.75, 3.05) is 17.3 Å². The van der Waals surface area contributed by atoms with Crippen molar-refractivity contribution in [3.63, 3.8) is 0 Å². The summed E-state index contributed by atoms with van der Waals surface area (Å²) in [5.74, 6) is 1.11. The number of amides is 1. The molecule has 122 valence electrons. The number of hydrogen-bond donors (Lipinski definition) is 1. The smallest absolute Gasteiger partial charge is 0.233 e. The van der Waals surface area contributed by atoms with E-state index < -0.39 is 0 Å². The Labute approximate surface area is 137 Å². The van der Waals surface area contributed by atoms with Crippen LogP contribution in [0.5, 0.6) is 0 Å². The van der Waals surface area contributed by atoms with Gasteiger partial charge in [0, 0.05) is 25.2 Å². The molecule has 1 N–H and O–H groups in total. The minimum atomic E-state index is -0.0992. The molecule has 5 heteroatoms. The van der Waals surface area contributed by atoms with Crippen LogP contribution in [0.2, 0.25) is 0 Å². The van der Waals surface area contributed by atoms with Crippen molar-refractivity contribution in [3.8, 4) is 0 Å². The molecule has 0 radical (unpaired) electrons. The van der Waals surface area contributed by atoms with Gasteiger partial charge in [-0.2, -0.15) is 4.98 Å². The second kappa shape index (κ2) is 6.77. The molecule has 0 saturated carbocycles. The normalized spacial score (nSPS) is 11.2. The summed E-state index contributed by atoms with van der Waals surface area (Å²) in [7, 11) is 1.77. The first-order valence-corrected chi connectivity index (χ1v) is 7.71. The summed E-state index contributed by atoms with van der Waals surface area (Å²) < 4.78 is 0. The van der Waals surface area contributed by atoms with Gasteiger partial charge >= 0.3 is 0 Å². The molecule has 1 aromatic heterocycles. The molecule has 0 atom stereocenters. The third-order valence-electron chi connectivity index (χ3n) is 3.24. The summed E-state index contributed by atoms with van der Waals surface area (Å²) in [6.45, 7) is 8.05. The van der Waals surface area contributed by atoms with E-state index >= 15 is 0 Å². The highest BCUT2D eigenvalue weighted by atomic mass is 16.2. The number of hydrogen-bond acceptors (Lipinski definition) is 4. The van der Waals surface area contributed by atoms with Crippen LogP contribution in [0.15, 0.2) is 36.4 Å². The minimum Gasteiger partial charge on any atom is -0.357 e. The maximum atomic E-state index is 12.9. The Morgan fingerprint density at radius 3 is 2.39 bits per heavy atom. The van der Waals surface area contributed by atoms with Gasteiger partial charge in [0.1, 0.15) is 5.82 Å². The summed E-state index contributed by atoms with van der Waals surface area (Å²) in [6.07, 6.45) is 0.430. The summed E-state index contributed by atoms with van der Waals surface area (Å²) in [6, 6.07) is 11.4. The second-order valence-electron chi connectivity index (χ2n) is 6.74. The maximum Gasteiger partial charge on any atom is 0.233 e. The molecule has 0 aliphatic carbocycles. The lowest BCUT2D eigenvalue weighted by atomic mass is 9.91. The fourth-order valence-corrected chi connectivity index (χ4v) is 2.29. The van der Waals surface area contributed by atoms with Crippen molar-refractivity contribution in [3.05, 3.63) is 42.1 Å². The molecule has 23 heavy (non-hydrogen) atoms. The molecule has 0 aliphatic rings. The lowest BCUT2D eigenvalue weighted by Gasteiger charge is -2.26. The Morgan fingerprint density at radius 2 is 1.83 bits per heavy atom. The first-order valence-electron chi connectivity index (χ1n) is 7.71. The molecule has 1 amide bonds. The van der Waals surface area contributed by atoms with Crippen LogP contribution in [0, 0.1) is 12.3 Å². The van der Waals surface area contributed by atoms with Gasteiger partial charge in [-0.25, -0.2) is 4.98 Å². The van der Waals surface area contributed by atoms with Crippen LogP contribution in [-0.4, -0.2) is 22.9 Å². The van der Waals surface area contributed by atoms with E-state index in [0.29, 0.717) is 18.2 Å². The molecule has 0 saturated heterocycles. The number of carbonyl (C=O) groups excluding carboxylic acids is 1. The lowest BCUT2D eigenvalue weighted by molar-refractivity contribution is -0.119. The number of rotatable bonds is 4. The Balaban J connectivity index is 2.50. The molecule has 0 fully saturated rings. The Bertz CT molecular complexity index is 677. The monoisotopic (exact) mass is 312 g/mol. The molecule has 1 aromatic carbocycles.